The van der Waals surface area contributed by atoms with E-state index in [0.717, 1.165) is 24.2 Å². The molecule has 6 amide bonds. The predicted molar refractivity (Wildman–Crippen MR) is 186 cm³/mol. The average molecular weight is 713 g/mol. The fraction of sp³-hybridized carbons (Fsp3) is 0.611. The topological polar surface area (TPSA) is 200 Å². The minimum atomic E-state index is -1.30. The summed E-state index contributed by atoms with van der Waals surface area (Å²) in [6.07, 6.45) is 3.51. The molecule has 280 valence electrons. The van der Waals surface area contributed by atoms with Crippen molar-refractivity contribution in [2.45, 2.75) is 96.3 Å². The molecule has 1 heterocycles. The van der Waals surface area contributed by atoms with Gasteiger partial charge >= 0.3 is 6.09 Å². The van der Waals surface area contributed by atoms with Gasteiger partial charge < -0.3 is 35.8 Å². The van der Waals surface area contributed by atoms with Crippen molar-refractivity contribution in [1.29, 1.82) is 0 Å². The van der Waals surface area contributed by atoms with Crippen molar-refractivity contribution in [1.82, 2.24) is 31.1 Å². The van der Waals surface area contributed by atoms with Crippen LogP contribution in [-0.4, -0.2) is 109 Å². The van der Waals surface area contributed by atoms with Crippen molar-refractivity contribution in [3.05, 3.63) is 35.9 Å². The second-order valence-corrected chi connectivity index (χ2v) is 13.8. The van der Waals surface area contributed by atoms with Crippen LogP contribution in [0.1, 0.15) is 83.7 Å². The first-order valence-corrected chi connectivity index (χ1v) is 17.7. The van der Waals surface area contributed by atoms with Crippen LogP contribution in [0.5, 0.6) is 0 Å². The van der Waals surface area contributed by atoms with E-state index in [0.29, 0.717) is 24.8 Å². The number of amides is 6. The first kappa shape index (κ1) is 40.6. The molecule has 15 nitrogen and oxygen atoms in total. The van der Waals surface area contributed by atoms with Gasteiger partial charge in [0.05, 0.1) is 25.7 Å². The van der Waals surface area contributed by atoms with Crippen LogP contribution in [-0.2, 0) is 38.3 Å². The van der Waals surface area contributed by atoms with E-state index in [1.165, 1.54) is 4.90 Å². The molecule has 1 aromatic rings. The first-order chi connectivity index (χ1) is 24.2. The molecule has 4 unspecified atom stereocenters. The zero-order chi connectivity index (χ0) is 37.7. The van der Waals surface area contributed by atoms with Gasteiger partial charge in [-0.1, -0.05) is 76.8 Å². The average Bonchev–Trinajstić information content (AvgIpc) is 3.52. The summed E-state index contributed by atoms with van der Waals surface area (Å²) in [6.45, 7) is 4.70. The highest BCUT2D eigenvalue weighted by atomic mass is 16.5. The molecule has 4 atom stereocenters. The Morgan fingerprint density at radius 3 is 2.22 bits per heavy atom. The molecule has 1 aromatic carbocycles. The number of ketones is 2. The molecule has 3 rings (SSSR count). The third-order valence-corrected chi connectivity index (χ3v) is 8.91. The molecular weight excluding hydrogens is 660 g/mol. The van der Waals surface area contributed by atoms with Crippen molar-refractivity contribution in [3.63, 3.8) is 0 Å². The minimum absolute atomic E-state index is 0.0696. The van der Waals surface area contributed by atoms with Crippen molar-refractivity contribution in [3.8, 4) is 0 Å². The van der Waals surface area contributed by atoms with Gasteiger partial charge in [-0.15, -0.1) is 0 Å². The lowest BCUT2D eigenvalue weighted by molar-refractivity contribution is -0.143. The number of hydrogen-bond acceptors (Lipinski definition) is 9. The van der Waals surface area contributed by atoms with Crippen molar-refractivity contribution in [2.75, 3.05) is 33.8 Å². The van der Waals surface area contributed by atoms with E-state index < -0.39 is 72.1 Å². The highest BCUT2D eigenvalue weighted by Gasteiger charge is 2.44. The maximum atomic E-state index is 14.0. The first-order valence-electron chi connectivity index (χ1n) is 17.7. The van der Waals surface area contributed by atoms with Gasteiger partial charge in [0.15, 0.2) is 5.78 Å². The largest absolute Gasteiger partial charge is 0.449 e. The van der Waals surface area contributed by atoms with E-state index in [1.807, 2.05) is 13.8 Å². The van der Waals surface area contributed by atoms with Crippen LogP contribution in [0.4, 0.5) is 4.79 Å². The number of ether oxygens (including phenoxy) is 1. The van der Waals surface area contributed by atoms with E-state index in [9.17, 15) is 38.4 Å². The van der Waals surface area contributed by atoms with Gasteiger partial charge in [-0.05, 0) is 36.7 Å². The zero-order valence-corrected chi connectivity index (χ0v) is 30.2. The molecule has 0 radical (unpaired) electrons. The second kappa shape index (κ2) is 19.5. The number of alkyl carbamates (subject to hydrolysis) is 1. The lowest BCUT2D eigenvalue weighted by Crippen LogP contribution is -2.58. The summed E-state index contributed by atoms with van der Waals surface area (Å²) in [5, 5.41) is 10.1. The van der Waals surface area contributed by atoms with Crippen LogP contribution in [0.3, 0.4) is 0 Å². The van der Waals surface area contributed by atoms with Gasteiger partial charge in [-0.2, -0.15) is 0 Å². The van der Waals surface area contributed by atoms with Gasteiger partial charge in [0.25, 0.3) is 5.91 Å². The molecule has 1 aliphatic heterocycles. The molecule has 2 fully saturated rings. The molecule has 1 saturated heterocycles. The number of likely N-dealkylation sites (N-methyl/N-ethyl adjacent to an activating group) is 1. The number of rotatable bonds is 16. The minimum Gasteiger partial charge on any atom is -0.449 e. The molecule has 1 aliphatic carbocycles. The monoisotopic (exact) mass is 712 g/mol. The number of Topliss-reactive ketones (excluding diaryl/α,β-unsaturated/α-hetero) is 2. The highest BCUT2D eigenvalue weighted by Crippen LogP contribution is 2.29. The molecule has 1 saturated carbocycles. The smallest absolute Gasteiger partial charge is 0.407 e. The molecule has 0 spiro atoms. The fourth-order valence-electron chi connectivity index (χ4n) is 6.23. The maximum Gasteiger partial charge on any atom is 0.407 e. The lowest BCUT2D eigenvalue weighted by atomic mass is 9.83. The van der Waals surface area contributed by atoms with E-state index in [4.69, 9.17) is 4.74 Å². The van der Waals surface area contributed by atoms with Gasteiger partial charge in [0, 0.05) is 20.5 Å². The van der Waals surface area contributed by atoms with Gasteiger partial charge in [0.2, 0.25) is 29.4 Å². The standard InChI is InChI=1S/C36H52N6O9/c1-6-13-26(31(45)33(47)37-19-28(44)39-29(34(48)41(4)5)23-14-9-7-10-15-23)38-32(46)27-18-25(43)20-42(27)35(49)30(24-16-11-8-12-17-24)40-36(50)51-21-22(2)3/h7,9-10,14-15,22,24,26-27,29-30H,6,8,11-13,16-21H2,1-5H3,(H,37,47)(H,38,46)(H,39,44)(H,40,50). The van der Waals surface area contributed by atoms with Crippen molar-refractivity contribution < 1.29 is 43.1 Å². The van der Waals surface area contributed by atoms with Crippen LogP contribution in [0.25, 0.3) is 0 Å². The zero-order valence-electron chi connectivity index (χ0n) is 30.2. The summed E-state index contributed by atoms with van der Waals surface area (Å²) in [7, 11) is 3.08. The Labute approximate surface area is 298 Å². The maximum absolute atomic E-state index is 14.0. The number of nitrogens with zero attached hydrogens (tertiary/aromatic N) is 2. The summed E-state index contributed by atoms with van der Waals surface area (Å²) in [5.41, 5.74) is 0.530. The Kier molecular flexibility index (Phi) is 15.6. The number of benzene rings is 1. The fourth-order valence-corrected chi connectivity index (χ4v) is 6.23. The molecule has 4 N–H and O–H groups in total. The molecule has 2 aliphatic rings. The van der Waals surface area contributed by atoms with Crippen molar-refractivity contribution in [2.24, 2.45) is 11.8 Å². The predicted octanol–water partition coefficient (Wildman–Crippen LogP) is 1.40. The number of carbonyl (C=O) groups is 8. The molecule has 0 bridgehead atoms. The second-order valence-electron chi connectivity index (χ2n) is 13.8. The lowest BCUT2D eigenvalue weighted by Gasteiger charge is -2.34. The number of likely N-dealkylation sites (tertiary alicyclic amines) is 1. The van der Waals surface area contributed by atoms with E-state index in [2.05, 4.69) is 21.3 Å². The third kappa shape index (κ3) is 11.9. The summed E-state index contributed by atoms with van der Waals surface area (Å²) in [5.74, 6) is -5.13. The van der Waals surface area contributed by atoms with E-state index in [-0.39, 0.29) is 43.6 Å². The van der Waals surface area contributed by atoms with Crippen LogP contribution < -0.4 is 21.3 Å². The summed E-state index contributed by atoms with van der Waals surface area (Å²) in [6, 6.07) is 3.96. The Hall–Kier alpha value is -4.82. The summed E-state index contributed by atoms with van der Waals surface area (Å²) < 4.78 is 5.27. The SMILES string of the molecule is CCCC(NC(=O)C1CC(=O)CN1C(=O)C(NC(=O)OCC(C)C)C1CCCCC1)C(=O)C(=O)NCC(=O)NC(C(=O)N(C)C)c1ccccc1. The summed E-state index contributed by atoms with van der Waals surface area (Å²) in [4.78, 5) is 107. The Morgan fingerprint density at radius 2 is 1.61 bits per heavy atom. The van der Waals surface area contributed by atoms with Gasteiger partial charge in [0.1, 0.15) is 18.1 Å². The van der Waals surface area contributed by atoms with Gasteiger partial charge in [-0.3, -0.25) is 33.6 Å². The van der Waals surface area contributed by atoms with Crippen LogP contribution in [0.15, 0.2) is 30.3 Å². The molecule has 51 heavy (non-hydrogen) atoms. The van der Waals surface area contributed by atoms with Gasteiger partial charge in [-0.25, -0.2) is 4.79 Å². The summed E-state index contributed by atoms with van der Waals surface area (Å²) >= 11 is 0. The molecule has 0 aromatic heterocycles. The Morgan fingerprint density at radius 1 is 0.941 bits per heavy atom. The Balaban J connectivity index is 1.68. The van der Waals surface area contributed by atoms with E-state index >= 15 is 0 Å². The molecular formula is C36H52N6O9. The van der Waals surface area contributed by atoms with Crippen LogP contribution >= 0.6 is 0 Å². The molecule has 15 heteroatoms. The third-order valence-electron chi connectivity index (χ3n) is 8.91. The Bertz CT molecular complexity index is 1430. The number of hydrogen-bond donors (Lipinski definition) is 4. The normalized spacial score (nSPS) is 17.9. The highest BCUT2D eigenvalue weighted by molar-refractivity contribution is 6.38. The number of nitrogens with one attached hydrogen (secondary N) is 4. The van der Waals surface area contributed by atoms with Crippen molar-refractivity contribution >= 4 is 47.2 Å². The van der Waals surface area contributed by atoms with E-state index in [1.54, 1.807) is 51.4 Å². The van der Waals surface area contributed by atoms with Crippen LogP contribution in [0, 0.1) is 11.8 Å². The number of carbonyl (C=O) groups excluding carboxylic acids is 8. The van der Waals surface area contributed by atoms with Crippen LogP contribution in [0.2, 0.25) is 0 Å². The quantitative estimate of drug-likeness (QED) is 0.183.